The molecule has 0 saturated carbocycles. The van der Waals surface area contributed by atoms with Crippen LogP contribution in [0.4, 0.5) is 0 Å². The lowest BCUT2D eigenvalue weighted by molar-refractivity contribution is -0.162. The maximum atomic E-state index is 13.1. The Morgan fingerprint density at radius 3 is 1.39 bits per heavy atom. The average Bonchev–Trinajstić information content (AvgIpc) is 2.86. The number of esters is 4. The third-order valence-corrected chi connectivity index (χ3v) is 6.26. The minimum absolute atomic E-state index is 0.1000. The van der Waals surface area contributed by atoms with E-state index in [9.17, 15) is 19.2 Å². The van der Waals surface area contributed by atoms with Gasteiger partial charge in [-0.15, -0.1) is 0 Å². The first-order chi connectivity index (χ1) is 22.3. The molecule has 1 atom stereocenters. The summed E-state index contributed by atoms with van der Waals surface area (Å²) in [5.74, 6) is -1.09. The SMILES string of the molecule is CCOc1ccc(C[C@@H](CNCCN(CC(=O)OC(C)(C)C)CC(=O)OC(C)(C)C)N(CC(=O)OC(C)(C)C)CC(=O)OC(C)(C)C)cc1. The summed E-state index contributed by atoms with van der Waals surface area (Å²) in [6.45, 7) is 24.6. The van der Waals surface area contributed by atoms with Crippen molar-refractivity contribution in [2.75, 3.05) is 52.4 Å². The molecule has 1 N–H and O–H groups in total. The van der Waals surface area contributed by atoms with Crippen LogP contribution >= 0.6 is 0 Å². The van der Waals surface area contributed by atoms with E-state index in [0.29, 0.717) is 32.7 Å². The van der Waals surface area contributed by atoms with Gasteiger partial charge in [-0.2, -0.15) is 0 Å². The second-order valence-corrected chi connectivity index (χ2v) is 16.1. The number of hydrogen-bond acceptors (Lipinski definition) is 12. The van der Waals surface area contributed by atoms with Crippen molar-refractivity contribution >= 4 is 23.9 Å². The molecule has 49 heavy (non-hydrogen) atoms. The third kappa shape index (κ3) is 22.2. The molecule has 0 aliphatic heterocycles. The smallest absolute Gasteiger partial charge is 0.320 e. The predicted molar refractivity (Wildman–Crippen MR) is 189 cm³/mol. The fraction of sp³-hybridized carbons (Fsp3) is 0.730. The molecule has 0 bridgehead atoms. The predicted octanol–water partition coefficient (Wildman–Crippen LogP) is 4.56. The molecule has 1 rings (SSSR count). The molecule has 0 fully saturated rings. The molecule has 280 valence electrons. The molecule has 1 aromatic rings. The van der Waals surface area contributed by atoms with E-state index in [-0.39, 0.29) is 32.2 Å². The average molecular weight is 694 g/mol. The molecule has 0 unspecified atom stereocenters. The van der Waals surface area contributed by atoms with Crippen LogP contribution in [-0.2, 0) is 44.5 Å². The molecule has 0 aromatic heterocycles. The zero-order valence-electron chi connectivity index (χ0n) is 32.3. The highest BCUT2D eigenvalue weighted by Crippen LogP contribution is 2.17. The highest BCUT2D eigenvalue weighted by Gasteiger charge is 2.29. The first kappa shape index (κ1) is 43.8. The Balaban J connectivity index is 3.26. The number of rotatable bonds is 18. The molecular weight excluding hydrogens is 630 g/mol. The van der Waals surface area contributed by atoms with E-state index < -0.39 is 46.3 Å². The van der Waals surface area contributed by atoms with Crippen molar-refractivity contribution in [3.05, 3.63) is 29.8 Å². The van der Waals surface area contributed by atoms with E-state index in [0.717, 1.165) is 11.3 Å². The number of carbonyl (C=O) groups excluding carboxylic acids is 4. The number of benzene rings is 1. The lowest BCUT2D eigenvalue weighted by Gasteiger charge is -2.33. The van der Waals surface area contributed by atoms with Gasteiger partial charge in [0.15, 0.2) is 0 Å². The standard InChI is InChI=1S/C37H63N3O9/c1-14-45-29-17-15-27(16-18-29)21-28(40(25-32(43)48-36(8,9)10)26-33(44)49-37(11,12)13)22-38-19-20-39(23-30(41)46-34(2,3)4)24-31(42)47-35(5,6)7/h15-18,28,38H,14,19-26H2,1-13H3/t28-/m0/s1. The zero-order valence-corrected chi connectivity index (χ0v) is 32.3. The van der Waals surface area contributed by atoms with Crippen molar-refractivity contribution in [3.8, 4) is 5.75 Å². The van der Waals surface area contributed by atoms with Gasteiger partial charge in [0.1, 0.15) is 28.2 Å². The van der Waals surface area contributed by atoms with Gasteiger partial charge in [0.05, 0.1) is 32.8 Å². The van der Waals surface area contributed by atoms with Gasteiger partial charge in [0.2, 0.25) is 0 Å². The summed E-state index contributed by atoms with van der Waals surface area (Å²) in [5.41, 5.74) is -1.78. The second-order valence-electron chi connectivity index (χ2n) is 16.1. The van der Waals surface area contributed by atoms with Crippen LogP contribution in [0.3, 0.4) is 0 Å². The highest BCUT2D eigenvalue weighted by atomic mass is 16.6. The lowest BCUT2D eigenvalue weighted by Crippen LogP contribution is -2.50. The van der Waals surface area contributed by atoms with Gasteiger partial charge in [-0.25, -0.2) is 0 Å². The van der Waals surface area contributed by atoms with E-state index in [1.807, 2.05) is 31.2 Å². The fourth-order valence-electron chi connectivity index (χ4n) is 4.72. The summed E-state index contributed by atoms with van der Waals surface area (Å²) < 4.78 is 27.9. The molecule has 0 heterocycles. The quantitative estimate of drug-likeness (QED) is 0.131. The number of hydrogen-bond donors (Lipinski definition) is 1. The summed E-state index contributed by atoms with van der Waals surface area (Å²) in [5, 5.41) is 3.42. The Morgan fingerprint density at radius 2 is 1.02 bits per heavy atom. The van der Waals surface area contributed by atoms with Crippen LogP contribution in [0.25, 0.3) is 0 Å². The monoisotopic (exact) mass is 693 g/mol. The maximum Gasteiger partial charge on any atom is 0.320 e. The van der Waals surface area contributed by atoms with E-state index in [1.54, 1.807) is 92.9 Å². The molecule has 0 saturated heterocycles. The Morgan fingerprint density at radius 1 is 0.633 bits per heavy atom. The third-order valence-electron chi connectivity index (χ3n) is 6.26. The van der Waals surface area contributed by atoms with Gasteiger partial charge in [0.25, 0.3) is 0 Å². The Bertz CT molecular complexity index is 1130. The molecular formula is C37H63N3O9. The van der Waals surface area contributed by atoms with E-state index in [1.165, 1.54) is 0 Å². The zero-order chi connectivity index (χ0) is 37.6. The summed E-state index contributed by atoms with van der Waals surface area (Å²) >= 11 is 0. The van der Waals surface area contributed by atoms with Crippen molar-refractivity contribution in [2.24, 2.45) is 0 Å². The molecule has 0 radical (unpaired) electrons. The van der Waals surface area contributed by atoms with E-state index in [2.05, 4.69) is 5.32 Å². The van der Waals surface area contributed by atoms with Crippen molar-refractivity contribution in [3.63, 3.8) is 0 Å². The molecule has 12 heteroatoms. The number of nitrogens with zero attached hydrogens (tertiary/aromatic N) is 2. The summed E-state index contributed by atoms with van der Waals surface area (Å²) in [6.07, 6.45) is 0.491. The minimum atomic E-state index is -0.705. The van der Waals surface area contributed by atoms with Gasteiger partial charge in [0, 0.05) is 25.7 Å². The van der Waals surface area contributed by atoms with Gasteiger partial charge in [-0.1, -0.05) is 12.1 Å². The van der Waals surface area contributed by atoms with Crippen LogP contribution in [-0.4, -0.2) is 115 Å². The summed E-state index contributed by atoms with van der Waals surface area (Å²) in [4.78, 5) is 55.0. The van der Waals surface area contributed by atoms with Crippen LogP contribution < -0.4 is 10.1 Å². The molecule has 0 aliphatic rings. The number of ether oxygens (including phenoxy) is 5. The molecule has 0 spiro atoms. The first-order valence-electron chi connectivity index (χ1n) is 17.1. The first-order valence-corrected chi connectivity index (χ1v) is 17.1. The van der Waals surface area contributed by atoms with Crippen molar-refractivity contribution in [2.45, 2.75) is 125 Å². The molecule has 12 nitrogen and oxygen atoms in total. The lowest BCUT2D eigenvalue weighted by atomic mass is 10.0. The van der Waals surface area contributed by atoms with Crippen LogP contribution in [0, 0.1) is 0 Å². The van der Waals surface area contributed by atoms with Crippen molar-refractivity contribution < 1.29 is 42.9 Å². The number of nitrogens with one attached hydrogen (secondary N) is 1. The summed E-state index contributed by atoms with van der Waals surface area (Å²) in [6, 6.07) is 7.35. The van der Waals surface area contributed by atoms with Crippen LogP contribution in [0.5, 0.6) is 5.75 Å². The molecule has 0 aliphatic carbocycles. The summed E-state index contributed by atoms with van der Waals surface area (Å²) in [7, 11) is 0. The van der Waals surface area contributed by atoms with Crippen molar-refractivity contribution in [1.29, 1.82) is 0 Å². The van der Waals surface area contributed by atoms with Gasteiger partial charge >= 0.3 is 23.9 Å². The number of carbonyl (C=O) groups is 4. The van der Waals surface area contributed by atoms with E-state index in [4.69, 9.17) is 23.7 Å². The topological polar surface area (TPSA) is 133 Å². The minimum Gasteiger partial charge on any atom is -0.494 e. The fourth-order valence-corrected chi connectivity index (χ4v) is 4.72. The van der Waals surface area contributed by atoms with Crippen molar-refractivity contribution in [1.82, 2.24) is 15.1 Å². The highest BCUT2D eigenvalue weighted by molar-refractivity contribution is 5.76. The molecule has 0 amide bonds. The maximum absolute atomic E-state index is 13.1. The van der Waals surface area contributed by atoms with Gasteiger partial charge in [-0.05, 0) is 114 Å². The van der Waals surface area contributed by atoms with Crippen LogP contribution in [0.15, 0.2) is 24.3 Å². The van der Waals surface area contributed by atoms with E-state index >= 15 is 0 Å². The second kappa shape index (κ2) is 19.2. The Labute approximate surface area is 294 Å². The molecule has 1 aromatic carbocycles. The Hall–Kier alpha value is -3.22. The van der Waals surface area contributed by atoms with Gasteiger partial charge < -0.3 is 29.0 Å². The normalized spacial score (nSPS) is 13.2. The van der Waals surface area contributed by atoms with Crippen LogP contribution in [0.1, 0.15) is 95.6 Å². The van der Waals surface area contributed by atoms with Crippen LogP contribution in [0.2, 0.25) is 0 Å². The Kier molecular flexibility index (Phi) is 17.2. The largest absolute Gasteiger partial charge is 0.494 e. The van der Waals surface area contributed by atoms with Gasteiger partial charge in [-0.3, -0.25) is 29.0 Å².